The Balaban J connectivity index is 1.83. The summed E-state index contributed by atoms with van der Waals surface area (Å²) in [7, 11) is 2.19. The smallest absolute Gasteiger partial charge is 0.0639 e. The third-order valence-electron chi connectivity index (χ3n) is 3.53. The van der Waals surface area contributed by atoms with E-state index < -0.39 is 0 Å². The van der Waals surface area contributed by atoms with Crippen LogP contribution in [0.2, 0.25) is 10.0 Å². The molecule has 0 amide bonds. The lowest BCUT2D eigenvalue weighted by Gasteiger charge is -2.20. The van der Waals surface area contributed by atoms with E-state index in [1.807, 2.05) is 18.2 Å². The van der Waals surface area contributed by atoms with Gasteiger partial charge in [0.15, 0.2) is 0 Å². The summed E-state index contributed by atoms with van der Waals surface area (Å²) in [6.07, 6.45) is 2.71. The molecule has 100 valence electrons. The summed E-state index contributed by atoms with van der Waals surface area (Å²) in [6.45, 7) is 4.17. The molecule has 18 heavy (non-hydrogen) atoms. The van der Waals surface area contributed by atoms with Crippen LogP contribution in [-0.4, -0.2) is 31.1 Å². The number of benzene rings is 1. The second-order valence-electron chi connectivity index (χ2n) is 5.03. The van der Waals surface area contributed by atoms with Crippen molar-refractivity contribution in [2.75, 3.05) is 20.1 Å². The van der Waals surface area contributed by atoms with E-state index in [1.54, 1.807) is 0 Å². The molecule has 0 bridgehead atoms. The molecule has 0 heterocycles. The van der Waals surface area contributed by atoms with Crippen LogP contribution in [0.4, 0.5) is 0 Å². The second-order valence-corrected chi connectivity index (χ2v) is 5.82. The van der Waals surface area contributed by atoms with Crippen molar-refractivity contribution in [1.29, 1.82) is 0 Å². The van der Waals surface area contributed by atoms with Crippen LogP contribution in [0.15, 0.2) is 18.2 Å². The van der Waals surface area contributed by atoms with Gasteiger partial charge in [-0.1, -0.05) is 35.3 Å². The predicted molar refractivity (Wildman–Crippen MR) is 78.5 cm³/mol. The third-order valence-corrected chi connectivity index (χ3v) is 4.37. The molecule has 1 unspecified atom stereocenters. The highest BCUT2D eigenvalue weighted by molar-refractivity contribution is 6.42. The van der Waals surface area contributed by atoms with E-state index in [1.165, 1.54) is 12.8 Å². The first-order chi connectivity index (χ1) is 8.59. The van der Waals surface area contributed by atoms with E-state index in [9.17, 15) is 0 Å². The standard InChI is InChI=1S/C14H20Cl2N2/c1-10(12-4-3-5-13(15)14(12)16)17-8-9-18(2)11-6-7-11/h3-5,10-11,17H,6-9H2,1-2H3. The highest BCUT2D eigenvalue weighted by Crippen LogP contribution is 2.29. The molecule has 0 aromatic heterocycles. The van der Waals surface area contributed by atoms with E-state index in [-0.39, 0.29) is 6.04 Å². The zero-order valence-corrected chi connectivity index (χ0v) is 12.4. The molecule has 1 aromatic rings. The minimum atomic E-state index is 0.226. The Kier molecular flexibility index (Phi) is 4.91. The maximum absolute atomic E-state index is 6.21. The fourth-order valence-corrected chi connectivity index (χ4v) is 2.59. The molecule has 1 atom stereocenters. The minimum absolute atomic E-state index is 0.226. The summed E-state index contributed by atoms with van der Waals surface area (Å²) in [5, 5.41) is 4.78. The first kappa shape index (κ1) is 14.1. The number of nitrogens with one attached hydrogen (secondary N) is 1. The van der Waals surface area contributed by atoms with E-state index in [0.29, 0.717) is 10.0 Å². The lowest BCUT2D eigenvalue weighted by atomic mass is 10.1. The van der Waals surface area contributed by atoms with Crippen LogP contribution in [0.3, 0.4) is 0 Å². The maximum atomic E-state index is 6.21. The lowest BCUT2D eigenvalue weighted by Crippen LogP contribution is -2.32. The van der Waals surface area contributed by atoms with Gasteiger partial charge in [-0.15, -0.1) is 0 Å². The molecule has 1 aliphatic carbocycles. The van der Waals surface area contributed by atoms with Crippen molar-refractivity contribution >= 4 is 23.2 Å². The molecule has 2 rings (SSSR count). The number of rotatable bonds is 6. The van der Waals surface area contributed by atoms with Crippen LogP contribution in [0.5, 0.6) is 0 Å². The Labute approximate surface area is 119 Å². The predicted octanol–water partition coefficient (Wildman–Crippen LogP) is 3.74. The van der Waals surface area contributed by atoms with Crippen molar-refractivity contribution in [3.05, 3.63) is 33.8 Å². The van der Waals surface area contributed by atoms with Gasteiger partial charge in [0, 0.05) is 25.2 Å². The van der Waals surface area contributed by atoms with Crippen molar-refractivity contribution in [1.82, 2.24) is 10.2 Å². The molecule has 0 aliphatic heterocycles. The van der Waals surface area contributed by atoms with Crippen LogP contribution in [0.1, 0.15) is 31.4 Å². The Morgan fingerprint density at radius 2 is 2.11 bits per heavy atom. The monoisotopic (exact) mass is 286 g/mol. The van der Waals surface area contributed by atoms with Gasteiger partial charge in [0.1, 0.15) is 0 Å². The quantitative estimate of drug-likeness (QED) is 0.857. The average molecular weight is 287 g/mol. The first-order valence-electron chi connectivity index (χ1n) is 6.47. The molecule has 1 fully saturated rings. The van der Waals surface area contributed by atoms with E-state index >= 15 is 0 Å². The summed E-state index contributed by atoms with van der Waals surface area (Å²) >= 11 is 12.2. The fraction of sp³-hybridized carbons (Fsp3) is 0.571. The molecular formula is C14H20Cl2N2. The van der Waals surface area contributed by atoms with Gasteiger partial charge in [-0.05, 0) is 38.4 Å². The average Bonchev–Trinajstić information content (AvgIpc) is 3.16. The second kappa shape index (κ2) is 6.25. The van der Waals surface area contributed by atoms with Gasteiger partial charge < -0.3 is 10.2 Å². The van der Waals surface area contributed by atoms with Gasteiger partial charge in [-0.2, -0.15) is 0 Å². The largest absolute Gasteiger partial charge is 0.309 e. The molecule has 0 saturated heterocycles. The molecule has 2 nitrogen and oxygen atoms in total. The fourth-order valence-electron chi connectivity index (χ4n) is 2.12. The zero-order chi connectivity index (χ0) is 13.1. The number of hydrogen-bond acceptors (Lipinski definition) is 2. The summed E-state index contributed by atoms with van der Waals surface area (Å²) in [5.74, 6) is 0. The summed E-state index contributed by atoms with van der Waals surface area (Å²) in [6, 6.07) is 6.83. The minimum Gasteiger partial charge on any atom is -0.309 e. The van der Waals surface area contributed by atoms with Crippen molar-refractivity contribution < 1.29 is 0 Å². The normalized spacial score (nSPS) is 17.2. The molecule has 1 N–H and O–H groups in total. The zero-order valence-electron chi connectivity index (χ0n) is 10.9. The highest BCUT2D eigenvalue weighted by atomic mass is 35.5. The van der Waals surface area contributed by atoms with Gasteiger partial charge >= 0.3 is 0 Å². The van der Waals surface area contributed by atoms with E-state index in [2.05, 4.69) is 24.2 Å². The van der Waals surface area contributed by atoms with Crippen LogP contribution < -0.4 is 5.32 Å². The van der Waals surface area contributed by atoms with Crippen molar-refractivity contribution in [2.45, 2.75) is 31.8 Å². The molecule has 4 heteroatoms. The van der Waals surface area contributed by atoms with E-state index in [4.69, 9.17) is 23.2 Å². The third kappa shape index (κ3) is 3.61. The summed E-state index contributed by atoms with van der Waals surface area (Å²) in [4.78, 5) is 2.42. The summed E-state index contributed by atoms with van der Waals surface area (Å²) < 4.78 is 0. The van der Waals surface area contributed by atoms with Crippen molar-refractivity contribution in [3.63, 3.8) is 0 Å². The van der Waals surface area contributed by atoms with Crippen molar-refractivity contribution in [2.24, 2.45) is 0 Å². The van der Waals surface area contributed by atoms with E-state index in [0.717, 1.165) is 24.7 Å². The van der Waals surface area contributed by atoms with Crippen LogP contribution in [-0.2, 0) is 0 Å². The summed E-state index contributed by atoms with van der Waals surface area (Å²) in [5.41, 5.74) is 1.07. The van der Waals surface area contributed by atoms with Gasteiger partial charge in [0.2, 0.25) is 0 Å². The maximum Gasteiger partial charge on any atom is 0.0639 e. The molecule has 0 radical (unpaired) electrons. The van der Waals surface area contributed by atoms with Gasteiger partial charge in [-0.25, -0.2) is 0 Å². The van der Waals surface area contributed by atoms with Gasteiger partial charge in [0.05, 0.1) is 10.0 Å². The van der Waals surface area contributed by atoms with Crippen LogP contribution in [0.25, 0.3) is 0 Å². The molecule has 1 aliphatic rings. The number of likely N-dealkylation sites (N-methyl/N-ethyl adjacent to an activating group) is 1. The Morgan fingerprint density at radius 1 is 1.39 bits per heavy atom. The van der Waals surface area contributed by atoms with Gasteiger partial charge in [0.25, 0.3) is 0 Å². The topological polar surface area (TPSA) is 15.3 Å². The molecule has 1 saturated carbocycles. The Morgan fingerprint density at radius 3 is 2.78 bits per heavy atom. The Bertz CT molecular complexity index is 405. The molecular weight excluding hydrogens is 267 g/mol. The van der Waals surface area contributed by atoms with Gasteiger partial charge in [-0.3, -0.25) is 0 Å². The Hall–Kier alpha value is -0.280. The van der Waals surface area contributed by atoms with Crippen LogP contribution in [0, 0.1) is 0 Å². The molecule has 0 spiro atoms. The number of hydrogen-bond donors (Lipinski definition) is 1. The number of nitrogens with zero attached hydrogens (tertiary/aromatic N) is 1. The first-order valence-corrected chi connectivity index (χ1v) is 7.22. The SMILES string of the molecule is CC(NCCN(C)C1CC1)c1cccc(Cl)c1Cl. The highest BCUT2D eigenvalue weighted by Gasteiger charge is 2.25. The molecule has 1 aromatic carbocycles. The van der Waals surface area contributed by atoms with Crippen molar-refractivity contribution in [3.8, 4) is 0 Å². The number of halogens is 2. The van der Waals surface area contributed by atoms with Crippen LogP contribution >= 0.6 is 23.2 Å². The lowest BCUT2D eigenvalue weighted by molar-refractivity contribution is 0.316.